The molecule has 2 N–H and O–H groups in total. The zero-order chi connectivity index (χ0) is 9.20. The fourth-order valence-electron chi connectivity index (χ4n) is 2.05. The number of rotatable bonds is 0. The number of fused-ring (bicyclic) bond motifs is 1. The molecule has 0 aromatic carbocycles. The molecular formula is C9H14O3. The van der Waals surface area contributed by atoms with E-state index in [-0.39, 0.29) is 6.61 Å². The first-order chi connectivity index (χ1) is 5.33. The van der Waals surface area contributed by atoms with Gasteiger partial charge in [-0.2, -0.15) is 0 Å². The second-order valence-electron chi connectivity index (χ2n) is 4.15. The van der Waals surface area contributed by atoms with Crippen molar-refractivity contribution in [1.82, 2.24) is 0 Å². The van der Waals surface area contributed by atoms with E-state index < -0.39 is 16.8 Å². The lowest BCUT2D eigenvalue weighted by molar-refractivity contribution is -0.312. The van der Waals surface area contributed by atoms with Crippen LogP contribution in [0.15, 0.2) is 11.6 Å². The fourth-order valence-corrected chi connectivity index (χ4v) is 2.05. The highest BCUT2D eigenvalue weighted by Crippen LogP contribution is 2.53. The molecule has 1 aliphatic heterocycles. The van der Waals surface area contributed by atoms with Crippen LogP contribution in [0.1, 0.15) is 20.8 Å². The minimum absolute atomic E-state index is 0.289. The van der Waals surface area contributed by atoms with Gasteiger partial charge in [0.15, 0.2) is 0 Å². The molecule has 1 fully saturated rings. The largest absolute Gasteiger partial charge is 0.383 e. The Labute approximate surface area is 71.7 Å². The van der Waals surface area contributed by atoms with Crippen molar-refractivity contribution >= 4 is 0 Å². The monoisotopic (exact) mass is 170 g/mol. The van der Waals surface area contributed by atoms with Crippen molar-refractivity contribution in [3.63, 3.8) is 0 Å². The van der Waals surface area contributed by atoms with Crippen molar-refractivity contribution in [1.29, 1.82) is 0 Å². The quantitative estimate of drug-likeness (QED) is 0.511. The summed E-state index contributed by atoms with van der Waals surface area (Å²) in [6, 6.07) is 0. The molecule has 0 bridgehead atoms. The summed E-state index contributed by atoms with van der Waals surface area (Å²) in [5.41, 5.74) is -2.06. The molecule has 12 heavy (non-hydrogen) atoms. The predicted octanol–water partition coefficient (Wildman–Crippen LogP) is 0.217. The maximum Gasteiger partial charge on any atom is 0.138 e. The summed E-state index contributed by atoms with van der Waals surface area (Å²) < 4.78 is 5.28. The third-order valence-electron chi connectivity index (χ3n) is 3.56. The predicted molar refractivity (Wildman–Crippen MR) is 43.7 cm³/mol. The molecule has 0 radical (unpaired) electrons. The number of ether oxygens (including phenoxy) is 1. The second-order valence-corrected chi connectivity index (χ2v) is 4.15. The Balaban J connectivity index is 2.50. The highest BCUT2D eigenvalue weighted by molar-refractivity contribution is 5.40. The van der Waals surface area contributed by atoms with Gasteiger partial charge in [-0.15, -0.1) is 0 Å². The SMILES string of the molecule is CC1=C[C@]2(O)CO[C@]2(C)[C@@]1(C)O. The van der Waals surface area contributed by atoms with Gasteiger partial charge in [-0.1, -0.05) is 0 Å². The van der Waals surface area contributed by atoms with Crippen LogP contribution in [0.25, 0.3) is 0 Å². The molecule has 3 heteroatoms. The average Bonchev–Trinajstić information content (AvgIpc) is 2.05. The number of hydrogen-bond donors (Lipinski definition) is 2. The molecule has 3 atom stereocenters. The van der Waals surface area contributed by atoms with Crippen LogP contribution in [0.2, 0.25) is 0 Å². The Hall–Kier alpha value is -0.380. The van der Waals surface area contributed by atoms with Crippen LogP contribution in [0.3, 0.4) is 0 Å². The molecule has 0 saturated carbocycles. The molecule has 0 spiro atoms. The maximum atomic E-state index is 10.0. The van der Waals surface area contributed by atoms with E-state index in [1.807, 2.05) is 6.92 Å². The van der Waals surface area contributed by atoms with E-state index in [4.69, 9.17) is 4.74 Å². The van der Waals surface area contributed by atoms with E-state index in [1.165, 1.54) is 0 Å². The van der Waals surface area contributed by atoms with Crippen molar-refractivity contribution in [2.24, 2.45) is 0 Å². The standard InChI is InChI=1S/C9H14O3/c1-6-4-9(11)5-12-8(9,3)7(6,2)10/h4,10-11H,5H2,1-3H3/t7-,8+,9-/m0/s1. The van der Waals surface area contributed by atoms with Gasteiger partial charge < -0.3 is 14.9 Å². The van der Waals surface area contributed by atoms with Crippen LogP contribution in [-0.4, -0.2) is 33.6 Å². The van der Waals surface area contributed by atoms with Gasteiger partial charge in [0, 0.05) is 0 Å². The molecule has 1 heterocycles. The Morgan fingerprint density at radius 2 is 2.00 bits per heavy atom. The van der Waals surface area contributed by atoms with Crippen LogP contribution in [0.4, 0.5) is 0 Å². The third kappa shape index (κ3) is 0.563. The van der Waals surface area contributed by atoms with Crippen molar-refractivity contribution in [2.45, 2.75) is 37.6 Å². The van der Waals surface area contributed by atoms with E-state index in [2.05, 4.69) is 0 Å². The van der Waals surface area contributed by atoms with E-state index in [0.29, 0.717) is 0 Å². The van der Waals surface area contributed by atoms with Crippen LogP contribution in [0.5, 0.6) is 0 Å². The van der Waals surface area contributed by atoms with Crippen LogP contribution in [-0.2, 0) is 4.74 Å². The van der Waals surface area contributed by atoms with E-state index in [0.717, 1.165) is 5.57 Å². The van der Waals surface area contributed by atoms with Crippen molar-refractivity contribution in [3.8, 4) is 0 Å². The molecule has 3 nitrogen and oxygen atoms in total. The van der Waals surface area contributed by atoms with Gasteiger partial charge in [0.2, 0.25) is 0 Å². The summed E-state index contributed by atoms with van der Waals surface area (Å²) in [4.78, 5) is 0. The van der Waals surface area contributed by atoms with Gasteiger partial charge in [-0.25, -0.2) is 0 Å². The smallest absolute Gasteiger partial charge is 0.138 e. The summed E-state index contributed by atoms with van der Waals surface area (Å²) in [5, 5.41) is 20.0. The molecule has 0 aromatic heterocycles. The van der Waals surface area contributed by atoms with Gasteiger partial charge in [0.05, 0.1) is 6.61 Å². The number of aliphatic hydroxyl groups is 2. The van der Waals surface area contributed by atoms with Gasteiger partial charge in [-0.05, 0) is 32.4 Å². The Morgan fingerprint density at radius 1 is 1.42 bits per heavy atom. The summed E-state index contributed by atoms with van der Waals surface area (Å²) in [6.07, 6.45) is 1.70. The molecule has 0 amide bonds. The lowest BCUT2D eigenvalue weighted by Crippen LogP contribution is -2.72. The Morgan fingerprint density at radius 3 is 2.17 bits per heavy atom. The zero-order valence-corrected chi connectivity index (χ0v) is 7.59. The molecule has 0 unspecified atom stereocenters. The minimum atomic E-state index is -1.04. The molecule has 1 saturated heterocycles. The van der Waals surface area contributed by atoms with Gasteiger partial charge in [0.1, 0.15) is 16.8 Å². The van der Waals surface area contributed by atoms with E-state index in [1.54, 1.807) is 19.9 Å². The summed E-state index contributed by atoms with van der Waals surface area (Å²) in [6.45, 7) is 5.52. The van der Waals surface area contributed by atoms with Crippen molar-refractivity contribution < 1.29 is 14.9 Å². The zero-order valence-electron chi connectivity index (χ0n) is 7.59. The summed E-state index contributed by atoms with van der Waals surface area (Å²) >= 11 is 0. The Kier molecular flexibility index (Phi) is 1.21. The first-order valence-electron chi connectivity index (χ1n) is 4.12. The molecule has 2 rings (SSSR count). The summed E-state index contributed by atoms with van der Waals surface area (Å²) in [7, 11) is 0. The van der Waals surface area contributed by atoms with Crippen molar-refractivity contribution in [2.75, 3.05) is 6.61 Å². The van der Waals surface area contributed by atoms with Crippen molar-refractivity contribution in [3.05, 3.63) is 11.6 Å². The van der Waals surface area contributed by atoms with Gasteiger partial charge >= 0.3 is 0 Å². The number of hydrogen-bond acceptors (Lipinski definition) is 3. The van der Waals surface area contributed by atoms with E-state index >= 15 is 0 Å². The molecule has 2 aliphatic rings. The summed E-state index contributed by atoms with van der Waals surface area (Å²) in [5.74, 6) is 0. The normalized spacial score (nSPS) is 57.6. The van der Waals surface area contributed by atoms with E-state index in [9.17, 15) is 10.2 Å². The van der Waals surface area contributed by atoms with Crippen LogP contribution in [0, 0.1) is 0 Å². The third-order valence-corrected chi connectivity index (χ3v) is 3.56. The molecule has 1 aliphatic carbocycles. The average molecular weight is 170 g/mol. The second kappa shape index (κ2) is 1.76. The van der Waals surface area contributed by atoms with Crippen LogP contribution < -0.4 is 0 Å². The van der Waals surface area contributed by atoms with Crippen LogP contribution >= 0.6 is 0 Å². The highest BCUT2D eigenvalue weighted by atomic mass is 16.6. The highest BCUT2D eigenvalue weighted by Gasteiger charge is 2.69. The Bertz CT molecular complexity index is 269. The first-order valence-corrected chi connectivity index (χ1v) is 4.12. The molecule has 0 aromatic rings. The lowest BCUT2D eigenvalue weighted by atomic mass is 9.74. The van der Waals surface area contributed by atoms with Gasteiger partial charge in [0.25, 0.3) is 0 Å². The minimum Gasteiger partial charge on any atom is -0.383 e. The lowest BCUT2D eigenvalue weighted by Gasteiger charge is -2.54. The van der Waals surface area contributed by atoms with Gasteiger partial charge in [-0.3, -0.25) is 0 Å². The maximum absolute atomic E-state index is 10.0. The topological polar surface area (TPSA) is 49.7 Å². The fraction of sp³-hybridized carbons (Fsp3) is 0.778. The molecular weight excluding hydrogens is 156 g/mol. The molecule has 68 valence electrons. The first kappa shape index (κ1) is 8.23.